The smallest absolute Gasteiger partial charge is 0.224 e. The van der Waals surface area contributed by atoms with Crippen molar-refractivity contribution in [1.82, 2.24) is 0 Å². The summed E-state index contributed by atoms with van der Waals surface area (Å²) < 4.78 is 23.3. The number of hydrogen-bond donors (Lipinski definition) is 1. The van der Waals surface area contributed by atoms with Gasteiger partial charge in [-0.15, -0.1) is 0 Å². The second-order valence-electron chi connectivity index (χ2n) is 5.32. The number of nitrogens with zero attached hydrogens (tertiary/aromatic N) is 1. The monoisotopic (exact) mass is 297 g/mol. The Morgan fingerprint density at radius 2 is 1.95 bits per heavy atom. The summed E-state index contributed by atoms with van der Waals surface area (Å²) in [5.41, 5.74) is 2.60. The number of carbonyl (C=O) groups is 1. The quantitative estimate of drug-likeness (QED) is 0.877. The van der Waals surface area contributed by atoms with Gasteiger partial charge in [-0.2, -0.15) is 0 Å². The summed E-state index contributed by atoms with van der Waals surface area (Å²) >= 11 is 0. The lowest BCUT2D eigenvalue weighted by Crippen LogP contribution is -2.46. The van der Waals surface area contributed by atoms with Crippen LogP contribution in [0.5, 0.6) is 0 Å². The number of amides is 1. The maximum absolute atomic E-state index is 12.0. The highest BCUT2D eigenvalue weighted by Crippen LogP contribution is 2.29. The summed E-state index contributed by atoms with van der Waals surface area (Å²) in [7, 11) is -3.30. The van der Waals surface area contributed by atoms with Crippen molar-refractivity contribution in [3.8, 4) is 0 Å². The van der Waals surface area contributed by atoms with Crippen LogP contribution in [0, 0.1) is 13.8 Å². The van der Waals surface area contributed by atoms with Gasteiger partial charge in [-0.05, 0) is 31.0 Å². The lowest BCUT2D eigenvalue weighted by molar-refractivity contribution is -0.117. The maximum atomic E-state index is 12.0. The Hall–Kier alpha value is -1.40. The molecular formula is C14H19NO4S. The van der Waals surface area contributed by atoms with Crippen molar-refractivity contribution in [2.24, 2.45) is 0 Å². The standard InChI is InChI=1S/C14H19NO4S/c1-9-5-4-6-12(10(9)2)15(11(3)16)13-7-20(18,19)8-14(13)17/h4-6,13-14,17H,7-8H2,1-3H3. The first-order valence-corrected chi connectivity index (χ1v) is 8.29. The average Bonchev–Trinajstić information content (AvgIpc) is 2.58. The first kappa shape index (κ1) is 15.0. The molecule has 20 heavy (non-hydrogen) atoms. The van der Waals surface area contributed by atoms with Crippen molar-refractivity contribution in [2.75, 3.05) is 16.4 Å². The molecule has 0 radical (unpaired) electrons. The average molecular weight is 297 g/mol. The molecule has 0 saturated carbocycles. The van der Waals surface area contributed by atoms with Crippen LogP contribution in [0.4, 0.5) is 5.69 Å². The molecule has 2 unspecified atom stereocenters. The van der Waals surface area contributed by atoms with E-state index in [-0.39, 0.29) is 17.4 Å². The molecule has 0 aliphatic carbocycles. The SMILES string of the molecule is CC(=O)N(c1cccc(C)c1C)C1CS(=O)(=O)CC1O. The van der Waals surface area contributed by atoms with E-state index in [1.54, 1.807) is 6.07 Å². The third kappa shape index (κ3) is 2.71. The summed E-state index contributed by atoms with van der Waals surface area (Å²) in [5, 5.41) is 9.99. The van der Waals surface area contributed by atoms with Crippen LogP contribution in [0.3, 0.4) is 0 Å². The Morgan fingerprint density at radius 1 is 1.30 bits per heavy atom. The van der Waals surface area contributed by atoms with E-state index in [9.17, 15) is 18.3 Å². The highest BCUT2D eigenvalue weighted by Gasteiger charge is 2.42. The van der Waals surface area contributed by atoms with Gasteiger partial charge in [-0.25, -0.2) is 8.42 Å². The van der Waals surface area contributed by atoms with Crippen LogP contribution in [0.2, 0.25) is 0 Å². The van der Waals surface area contributed by atoms with Crippen molar-refractivity contribution < 1.29 is 18.3 Å². The fraction of sp³-hybridized carbons (Fsp3) is 0.500. The number of anilines is 1. The Balaban J connectivity index is 2.48. The van der Waals surface area contributed by atoms with Crippen molar-refractivity contribution in [1.29, 1.82) is 0 Å². The van der Waals surface area contributed by atoms with Crippen LogP contribution in [-0.4, -0.2) is 43.1 Å². The van der Waals surface area contributed by atoms with Crippen molar-refractivity contribution >= 4 is 21.4 Å². The minimum Gasteiger partial charge on any atom is -0.390 e. The Kier molecular flexibility index (Phi) is 3.88. The zero-order chi connectivity index (χ0) is 15.1. The van der Waals surface area contributed by atoms with Gasteiger partial charge in [0.05, 0.1) is 23.7 Å². The minimum absolute atomic E-state index is 0.193. The van der Waals surface area contributed by atoms with Crippen LogP contribution < -0.4 is 4.90 Å². The molecule has 2 rings (SSSR count). The van der Waals surface area contributed by atoms with Gasteiger partial charge in [0.2, 0.25) is 5.91 Å². The Morgan fingerprint density at radius 3 is 2.45 bits per heavy atom. The van der Waals surface area contributed by atoms with E-state index in [2.05, 4.69) is 0 Å². The Bertz CT molecular complexity index is 639. The molecule has 1 aliphatic heterocycles. The fourth-order valence-corrected chi connectivity index (χ4v) is 4.41. The lowest BCUT2D eigenvalue weighted by atomic mass is 10.0. The molecule has 1 aliphatic rings. The van der Waals surface area contributed by atoms with Gasteiger partial charge < -0.3 is 10.0 Å². The summed E-state index contributed by atoms with van der Waals surface area (Å²) in [6, 6.07) is 4.82. The van der Waals surface area contributed by atoms with Crippen molar-refractivity contribution in [3.05, 3.63) is 29.3 Å². The molecule has 1 saturated heterocycles. The third-order valence-corrected chi connectivity index (χ3v) is 5.50. The van der Waals surface area contributed by atoms with E-state index >= 15 is 0 Å². The summed E-state index contributed by atoms with van der Waals surface area (Å²) in [4.78, 5) is 13.4. The molecule has 1 amide bonds. The highest BCUT2D eigenvalue weighted by molar-refractivity contribution is 7.91. The topological polar surface area (TPSA) is 74.7 Å². The number of benzene rings is 1. The second-order valence-corrected chi connectivity index (χ2v) is 7.47. The van der Waals surface area contributed by atoms with E-state index in [4.69, 9.17) is 0 Å². The van der Waals surface area contributed by atoms with Gasteiger partial charge in [0, 0.05) is 12.6 Å². The normalized spacial score (nSPS) is 24.6. The molecule has 5 nitrogen and oxygen atoms in total. The van der Waals surface area contributed by atoms with E-state index in [1.807, 2.05) is 26.0 Å². The van der Waals surface area contributed by atoms with Gasteiger partial charge in [0.15, 0.2) is 9.84 Å². The van der Waals surface area contributed by atoms with Gasteiger partial charge in [-0.3, -0.25) is 4.79 Å². The Labute approximate surface area is 119 Å². The molecule has 0 bridgehead atoms. The van der Waals surface area contributed by atoms with Crippen LogP contribution >= 0.6 is 0 Å². The molecule has 1 N–H and O–H groups in total. The number of hydrogen-bond acceptors (Lipinski definition) is 4. The number of aryl methyl sites for hydroxylation is 1. The van der Waals surface area contributed by atoms with Crippen LogP contribution in [0.15, 0.2) is 18.2 Å². The molecule has 1 heterocycles. The fourth-order valence-electron chi connectivity index (χ4n) is 2.64. The number of aliphatic hydroxyl groups is 1. The van der Waals surface area contributed by atoms with Gasteiger partial charge in [0.25, 0.3) is 0 Å². The molecule has 0 aromatic heterocycles. The first-order chi connectivity index (χ1) is 9.23. The third-order valence-electron chi connectivity index (χ3n) is 3.80. The second kappa shape index (κ2) is 5.18. The largest absolute Gasteiger partial charge is 0.390 e. The zero-order valence-electron chi connectivity index (χ0n) is 11.8. The predicted octanol–water partition coefficient (Wildman–Crippen LogP) is 0.814. The molecule has 0 spiro atoms. The van der Waals surface area contributed by atoms with Gasteiger partial charge in [0.1, 0.15) is 0 Å². The van der Waals surface area contributed by atoms with Crippen molar-refractivity contribution in [3.63, 3.8) is 0 Å². The minimum atomic E-state index is -3.30. The molecular weight excluding hydrogens is 278 g/mol. The van der Waals surface area contributed by atoms with Crippen molar-refractivity contribution in [2.45, 2.75) is 32.9 Å². The molecule has 1 aromatic carbocycles. The number of carbonyl (C=O) groups excluding carboxylic acids is 1. The highest BCUT2D eigenvalue weighted by atomic mass is 32.2. The van der Waals surface area contributed by atoms with E-state index in [0.29, 0.717) is 5.69 Å². The summed E-state index contributed by atoms with van der Waals surface area (Å²) in [6.45, 7) is 5.20. The maximum Gasteiger partial charge on any atom is 0.224 e. The number of sulfone groups is 1. The van der Waals surface area contributed by atoms with Gasteiger partial charge >= 0.3 is 0 Å². The van der Waals surface area contributed by atoms with Crippen LogP contribution in [0.1, 0.15) is 18.1 Å². The summed E-state index contributed by atoms with van der Waals surface area (Å²) in [5.74, 6) is -0.743. The lowest BCUT2D eigenvalue weighted by Gasteiger charge is -2.31. The zero-order valence-corrected chi connectivity index (χ0v) is 12.6. The van der Waals surface area contributed by atoms with Crippen LogP contribution in [0.25, 0.3) is 0 Å². The first-order valence-electron chi connectivity index (χ1n) is 6.47. The van der Waals surface area contributed by atoms with E-state index < -0.39 is 22.0 Å². The molecule has 110 valence electrons. The molecule has 2 atom stereocenters. The molecule has 1 aromatic rings. The van der Waals surface area contributed by atoms with Gasteiger partial charge in [-0.1, -0.05) is 12.1 Å². The predicted molar refractivity (Wildman–Crippen MR) is 77.5 cm³/mol. The van der Waals surface area contributed by atoms with E-state index in [1.165, 1.54) is 11.8 Å². The summed E-state index contributed by atoms with van der Waals surface area (Å²) in [6.07, 6.45) is -1.04. The van der Waals surface area contributed by atoms with E-state index in [0.717, 1.165) is 11.1 Å². The number of aliphatic hydroxyl groups excluding tert-OH is 1. The molecule has 1 fully saturated rings. The van der Waals surface area contributed by atoms with Crippen LogP contribution in [-0.2, 0) is 14.6 Å². The number of rotatable bonds is 2. The molecule has 6 heteroatoms.